The molecule has 3 nitrogen and oxygen atoms in total. The second kappa shape index (κ2) is 6.16. The quantitative estimate of drug-likeness (QED) is 0.854. The average Bonchev–Trinajstić information content (AvgIpc) is 2.48. The van der Waals surface area contributed by atoms with E-state index in [2.05, 4.69) is 0 Å². The van der Waals surface area contributed by atoms with Gasteiger partial charge in [0.25, 0.3) is 0 Å². The molecule has 0 saturated heterocycles. The van der Waals surface area contributed by atoms with Crippen molar-refractivity contribution in [2.45, 2.75) is 19.6 Å². The number of benzene rings is 2. The van der Waals surface area contributed by atoms with Crippen molar-refractivity contribution in [2.24, 2.45) is 5.73 Å². The Bertz CT molecular complexity index is 534. The number of carbonyl (C=O) groups excluding carboxylic acids is 1. The Morgan fingerprint density at radius 2 is 1.74 bits per heavy atom. The van der Waals surface area contributed by atoms with Crippen molar-refractivity contribution in [3.8, 4) is 0 Å². The lowest BCUT2D eigenvalue weighted by Crippen LogP contribution is -2.09. The third-order valence-corrected chi connectivity index (χ3v) is 2.98. The Kier molecular flexibility index (Phi) is 4.31. The summed E-state index contributed by atoms with van der Waals surface area (Å²) in [4.78, 5) is 11.9. The zero-order valence-corrected chi connectivity index (χ0v) is 10.9. The summed E-state index contributed by atoms with van der Waals surface area (Å²) in [5.74, 6) is -0.309. The molecular weight excluding hydrogens is 238 g/mol. The molecule has 2 aromatic rings. The largest absolute Gasteiger partial charge is 0.454 e. The van der Waals surface area contributed by atoms with Crippen molar-refractivity contribution in [3.05, 3.63) is 71.3 Å². The van der Waals surface area contributed by atoms with Gasteiger partial charge in [0, 0.05) is 6.54 Å². The molecule has 1 atom stereocenters. The molecule has 19 heavy (non-hydrogen) atoms. The van der Waals surface area contributed by atoms with Gasteiger partial charge in [-0.25, -0.2) is 4.79 Å². The molecule has 0 aliphatic heterocycles. The van der Waals surface area contributed by atoms with E-state index in [0.717, 1.165) is 11.1 Å². The van der Waals surface area contributed by atoms with Crippen LogP contribution in [0.5, 0.6) is 0 Å². The first-order valence-corrected chi connectivity index (χ1v) is 6.25. The van der Waals surface area contributed by atoms with E-state index in [4.69, 9.17) is 10.5 Å². The molecule has 0 aromatic heterocycles. The van der Waals surface area contributed by atoms with Gasteiger partial charge in [-0.2, -0.15) is 0 Å². The predicted molar refractivity (Wildman–Crippen MR) is 74.6 cm³/mol. The van der Waals surface area contributed by atoms with Crippen molar-refractivity contribution in [2.75, 3.05) is 0 Å². The number of carbonyl (C=O) groups is 1. The molecule has 0 bridgehead atoms. The summed E-state index contributed by atoms with van der Waals surface area (Å²) in [6, 6.07) is 16.8. The molecule has 2 aromatic carbocycles. The normalized spacial score (nSPS) is 11.9. The van der Waals surface area contributed by atoms with Gasteiger partial charge in [-0.05, 0) is 30.2 Å². The van der Waals surface area contributed by atoms with Gasteiger partial charge < -0.3 is 10.5 Å². The van der Waals surface area contributed by atoms with Crippen LogP contribution in [-0.4, -0.2) is 5.97 Å². The van der Waals surface area contributed by atoms with E-state index in [1.54, 1.807) is 12.1 Å². The van der Waals surface area contributed by atoms with Gasteiger partial charge in [0.2, 0.25) is 0 Å². The Labute approximate surface area is 113 Å². The summed E-state index contributed by atoms with van der Waals surface area (Å²) < 4.78 is 5.43. The van der Waals surface area contributed by atoms with E-state index in [-0.39, 0.29) is 12.1 Å². The molecule has 0 saturated carbocycles. The summed E-state index contributed by atoms with van der Waals surface area (Å²) >= 11 is 0. The number of esters is 1. The summed E-state index contributed by atoms with van der Waals surface area (Å²) in [5.41, 5.74) is 8.13. The highest BCUT2D eigenvalue weighted by Crippen LogP contribution is 2.19. The fourth-order valence-electron chi connectivity index (χ4n) is 1.80. The Balaban J connectivity index is 2.04. The number of ether oxygens (including phenoxy) is 1. The lowest BCUT2D eigenvalue weighted by molar-refractivity contribution is 0.0338. The topological polar surface area (TPSA) is 52.3 Å². The van der Waals surface area contributed by atoms with Gasteiger partial charge >= 0.3 is 5.97 Å². The second-order valence-corrected chi connectivity index (χ2v) is 4.36. The van der Waals surface area contributed by atoms with Gasteiger partial charge in [0.1, 0.15) is 6.10 Å². The average molecular weight is 255 g/mol. The van der Waals surface area contributed by atoms with Gasteiger partial charge in [0.15, 0.2) is 0 Å². The van der Waals surface area contributed by atoms with Crippen LogP contribution in [0, 0.1) is 0 Å². The summed E-state index contributed by atoms with van der Waals surface area (Å²) in [6.07, 6.45) is -0.278. The maximum atomic E-state index is 11.9. The van der Waals surface area contributed by atoms with Crippen LogP contribution < -0.4 is 5.73 Å². The highest BCUT2D eigenvalue weighted by molar-refractivity contribution is 5.89. The smallest absolute Gasteiger partial charge is 0.338 e. The highest BCUT2D eigenvalue weighted by Gasteiger charge is 2.13. The lowest BCUT2D eigenvalue weighted by Gasteiger charge is -2.14. The second-order valence-electron chi connectivity index (χ2n) is 4.36. The number of hydrogen-bond acceptors (Lipinski definition) is 3. The Morgan fingerprint density at radius 3 is 2.32 bits per heavy atom. The molecule has 0 aliphatic rings. The monoisotopic (exact) mass is 255 g/mol. The maximum absolute atomic E-state index is 11.9. The van der Waals surface area contributed by atoms with Crippen LogP contribution in [0.3, 0.4) is 0 Å². The van der Waals surface area contributed by atoms with Gasteiger partial charge in [-0.3, -0.25) is 0 Å². The summed E-state index contributed by atoms with van der Waals surface area (Å²) in [6.45, 7) is 2.37. The lowest BCUT2D eigenvalue weighted by atomic mass is 10.1. The maximum Gasteiger partial charge on any atom is 0.338 e. The molecule has 3 heteroatoms. The summed E-state index contributed by atoms with van der Waals surface area (Å²) in [5, 5.41) is 0. The molecular formula is C16H17NO2. The molecule has 0 heterocycles. The van der Waals surface area contributed by atoms with Crippen molar-refractivity contribution in [1.29, 1.82) is 0 Å². The highest BCUT2D eigenvalue weighted by atomic mass is 16.5. The molecule has 0 fully saturated rings. The molecule has 2 N–H and O–H groups in total. The third kappa shape index (κ3) is 3.42. The van der Waals surface area contributed by atoms with Crippen molar-refractivity contribution in [1.82, 2.24) is 0 Å². The van der Waals surface area contributed by atoms with E-state index in [1.807, 2.05) is 49.4 Å². The van der Waals surface area contributed by atoms with Crippen LogP contribution in [0.1, 0.15) is 34.5 Å². The zero-order chi connectivity index (χ0) is 13.7. The molecule has 98 valence electrons. The zero-order valence-electron chi connectivity index (χ0n) is 10.9. The SMILES string of the molecule is CC(OC(=O)c1ccccc1)c1ccc(CN)cc1. The third-order valence-electron chi connectivity index (χ3n) is 2.98. The molecule has 1 unspecified atom stereocenters. The van der Waals surface area contributed by atoms with Gasteiger partial charge in [-0.1, -0.05) is 42.5 Å². The van der Waals surface area contributed by atoms with Crippen LogP contribution in [0.2, 0.25) is 0 Å². The molecule has 2 rings (SSSR count). The number of rotatable bonds is 4. The van der Waals surface area contributed by atoms with E-state index in [1.165, 1.54) is 0 Å². The van der Waals surface area contributed by atoms with Crippen LogP contribution >= 0.6 is 0 Å². The van der Waals surface area contributed by atoms with Crippen LogP contribution in [-0.2, 0) is 11.3 Å². The minimum absolute atomic E-state index is 0.278. The van der Waals surface area contributed by atoms with E-state index < -0.39 is 0 Å². The van der Waals surface area contributed by atoms with E-state index in [9.17, 15) is 4.79 Å². The van der Waals surface area contributed by atoms with Crippen LogP contribution in [0.4, 0.5) is 0 Å². The first-order chi connectivity index (χ1) is 9.20. The molecule has 0 spiro atoms. The van der Waals surface area contributed by atoms with Gasteiger partial charge in [0.05, 0.1) is 5.56 Å². The van der Waals surface area contributed by atoms with Crippen LogP contribution in [0.25, 0.3) is 0 Å². The standard InChI is InChI=1S/C16H17NO2/c1-12(14-9-7-13(11-17)8-10-14)19-16(18)15-5-3-2-4-6-15/h2-10,12H,11,17H2,1H3. The minimum atomic E-state index is -0.309. The van der Waals surface area contributed by atoms with Crippen molar-refractivity contribution in [3.63, 3.8) is 0 Å². The fraction of sp³-hybridized carbons (Fsp3) is 0.188. The number of hydrogen-bond donors (Lipinski definition) is 1. The Hall–Kier alpha value is -2.13. The summed E-state index contributed by atoms with van der Waals surface area (Å²) in [7, 11) is 0. The number of nitrogens with two attached hydrogens (primary N) is 1. The van der Waals surface area contributed by atoms with Crippen molar-refractivity contribution >= 4 is 5.97 Å². The first-order valence-electron chi connectivity index (χ1n) is 6.25. The minimum Gasteiger partial charge on any atom is -0.454 e. The molecule has 0 aliphatic carbocycles. The fourth-order valence-corrected chi connectivity index (χ4v) is 1.80. The molecule has 0 amide bonds. The molecule has 0 radical (unpaired) electrons. The van der Waals surface area contributed by atoms with Crippen LogP contribution in [0.15, 0.2) is 54.6 Å². The van der Waals surface area contributed by atoms with E-state index >= 15 is 0 Å². The Morgan fingerprint density at radius 1 is 1.11 bits per heavy atom. The predicted octanol–water partition coefficient (Wildman–Crippen LogP) is 3.06. The van der Waals surface area contributed by atoms with Crippen molar-refractivity contribution < 1.29 is 9.53 Å². The van der Waals surface area contributed by atoms with E-state index in [0.29, 0.717) is 12.1 Å². The first kappa shape index (κ1) is 13.3. The van der Waals surface area contributed by atoms with Gasteiger partial charge in [-0.15, -0.1) is 0 Å².